The molecule has 19 heavy (non-hydrogen) atoms. The fourth-order valence-corrected chi connectivity index (χ4v) is 2.89. The molecule has 0 saturated heterocycles. The maximum absolute atomic E-state index is 13.7. The summed E-state index contributed by atoms with van der Waals surface area (Å²) in [5, 5.41) is 0. The van der Waals surface area contributed by atoms with Crippen LogP contribution >= 0.6 is 0 Å². The van der Waals surface area contributed by atoms with Crippen LogP contribution in [0.25, 0.3) is 0 Å². The fourth-order valence-electron chi connectivity index (χ4n) is 2.89. The minimum Gasteiger partial charge on any atom is -0.324 e. The third-order valence-electron chi connectivity index (χ3n) is 3.76. The van der Waals surface area contributed by atoms with Crippen LogP contribution in [0.2, 0.25) is 0 Å². The predicted molar refractivity (Wildman–Crippen MR) is 70.8 cm³/mol. The summed E-state index contributed by atoms with van der Waals surface area (Å²) in [6.45, 7) is 0. The van der Waals surface area contributed by atoms with Crippen molar-refractivity contribution in [2.24, 2.45) is 5.73 Å². The van der Waals surface area contributed by atoms with Crippen LogP contribution in [0.1, 0.15) is 16.7 Å². The third kappa shape index (κ3) is 2.38. The van der Waals surface area contributed by atoms with E-state index in [1.165, 1.54) is 23.3 Å². The molecule has 1 aliphatic rings. The molecule has 2 aromatic carbocycles. The van der Waals surface area contributed by atoms with E-state index in [0.717, 1.165) is 18.9 Å². The Morgan fingerprint density at radius 1 is 1.00 bits per heavy atom. The van der Waals surface area contributed by atoms with Crippen LogP contribution in [0.3, 0.4) is 0 Å². The van der Waals surface area contributed by atoms with E-state index >= 15 is 0 Å². The van der Waals surface area contributed by atoms with E-state index in [-0.39, 0.29) is 0 Å². The van der Waals surface area contributed by atoms with Gasteiger partial charge in [-0.15, -0.1) is 0 Å². The summed E-state index contributed by atoms with van der Waals surface area (Å²) >= 11 is 0. The van der Waals surface area contributed by atoms with Gasteiger partial charge in [-0.25, -0.2) is 8.78 Å². The van der Waals surface area contributed by atoms with Crippen LogP contribution in [0.5, 0.6) is 0 Å². The Hall–Kier alpha value is -1.74. The zero-order valence-corrected chi connectivity index (χ0v) is 10.5. The Balaban J connectivity index is 1.85. The Labute approximate surface area is 111 Å². The highest BCUT2D eigenvalue weighted by Crippen LogP contribution is 2.31. The lowest BCUT2D eigenvalue weighted by molar-refractivity contribution is 0.434. The fraction of sp³-hybridized carbons (Fsp3) is 0.250. The molecule has 1 nitrogen and oxygen atoms in total. The second-order valence-corrected chi connectivity index (χ2v) is 5.40. The lowest BCUT2D eigenvalue weighted by Gasteiger charge is -2.24. The Kier molecular flexibility index (Phi) is 2.86. The van der Waals surface area contributed by atoms with Gasteiger partial charge in [0.15, 0.2) is 0 Å². The molecule has 0 saturated carbocycles. The first kappa shape index (κ1) is 12.3. The molecule has 1 aliphatic carbocycles. The second-order valence-electron chi connectivity index (χ2n) is 5.40. The lowest BCUT2D eigenvalue weighted by Crippen LogP contribution is -2.43. The van der Waals surface area contributed by atoms with Crippen LogP contribution in [0.15, 0.2) is 42.5 Å². The molecule has 0 bridgehead atoms. The molecule has 0 aromatic heterocycles. The van der Waals surface area contributed by atoms with Gasteiger partial charge in [0.1, 0.15) is 11.6 Å². The normalized spacial score (nSPS) is 16.4. The van der Waals surface area contributed by atoms with Crippen LogP contribution in [0, 0.1) is 11.6 Å². The van der Waals surface area contributed by atoms with E-state index in [2.05, 4.69) is 12.1 Å². The molecule has 0 heterocycles. The zero-order valence-electron chi connectivity index (χ0n) is 10.5. The third-order valence-corrected chi connectivity index (χ3v) is 3.76. The van der Waals surface area contributed by atoms with Gasteiger partial charge in [0.05, 0.1) is 0 Å². The van der Waals surface area contributed by atoms with Gasteiger partial charge in [-0.2, -0.15) is 0 Å². The van der Waals surface area contributed by atoms with Crippen LogP contribution < -0.4 is 5.73 Å². The van der Waals surface area contributed by atoms with E-state index in [4.69, 9.17) is 5.73 Å². The first-order chi connectivity index (χ1) is 9.06. The number of benzene rings is 2. The number of hydrogen-bond donors (Lipinski definition) is 1. The topological polar surface area (TPSA) is 26.0 Å². The van der Waals surface area contributed by atoms with Crippen LogP contribution in [0.4, 0.5) is 8.78 Å². The molecule has 0 spiro atoms. The van der Waals surface area contributed by atoms with Crippen molar-refractivity contribution in [3.63, 3.8) is 0 Å². The molecule has 0 amide bonds. The summed E-state index contributed by atoms with van der Waals surface area (Å²) in [6, 6.07) is 11.8. The van der Waals surface area contributed by atoms with Crippen LogP contribution in [-0.2, 0) is 19.3 Å². The largest absolute Gasteiger partial charge is 0.324 e. The predicted octanol–water partition coefficient (Wildman–Crippen LogP) is 3.00. The molecule has 0 radical (unpaired) electrons. The first-order valence-electron chi connectivity index (χ1n) is 6.35. The van der Waals surface area contributed by atoms with Crippen LogP contribution in [-0.4, -0.2) is 5.54 Å². The monoisotopic (exact) mass is 259 g/mol. The van der Waals surface area contributed by atoms with Crippen molar-refractivity contribution >= 4 is 0 Å². The highest BCUT2D eigenvalue weighted by molar-refractivity contribution is 5.37. The molecule has 3 rings (SSSR count). The summed E-state index contributed by atoms with van der Waals surface area (Å²) < 4.78 is 26.6. The summed E-state index contributed by atoms with van der Waals surface area (Å²) in [4.78, 5) is 0. The first-order valence-corrected chi connectivity index (χ1v) is 6.35. The molecular weight excluding hydrogens is 244 g/mol. The minimum absolute atomic E-state index is 0.424. The molecule has 2 aromatic rings. The van der Waals surface area contributed by atoms with E-state index in [9.17, 15) is 8.78 Å². The number of nitrogens with two attached hydrogens (primary N) is 1. The summed E-state index contributed by atoms with van der Waals surface area (Å²) in [7, 11) is 0. The van der Waals surface area contributed by atoms with Crippen molar-refractivity contribution in [2.45, 2.75) is 24.8 Å². The van der Waals surface area contributed by atoms with Crippen molar-refractivity contribution in [3.05, 3.63) is 70.8 Å². The highest BCUT2D eigenvalue weighted by Gasteiger charge is 2.33. The van der Waals surface area contributed by atoms with E-state index in [1.807, 2.05) is 12.1 Å². The summed E-state index contributed by atoms with van der Waals surface area (Å²) in [5.41, 5.74) is 8.86. The van der Waals surface area contributed by atoms with Gasteiger partial charge < -0.3 is 5.73 Å². The van der Waals surface area contributed by atoms with Crippen molar-refractivity contribution < 1.29 is 8.78 Å². The minimum atomic E-state index is -0.554. The number of halogens is 2. The van der Waals surface area contributed by atoms with Gasteiger partial charge in [0.2, 0.25) is 0 Å². The second kappa shape index (κ2) is 4.42. The average Bonchev–Trinajstić information content (AvgIpc) is 2.69. The number of fused-ring (bicyclic) bond motifs is 1. The summed E-state index contributed by atoms with van der Waals surface area (Å²) in [5.74, 6) is -1.07. The van der Waals surface area contributed by atoms with Gasteiger partial charge >= 0.3 is 0 Å². The average molecular weight is 259 g/mol. The van der Waals surface area contributed by atoms with Crippen molar-refractivity contribution in [1.29, 1.82) is 0 Å². The van der Waals surface area contributed by atoms with Gasteiger partial charge in [-0.05, 0) is 42.0 Å². The zero-order chi connectivity index (χ0) is 13.5. The maximum Gasteiger partial charge on any atom is 0.129 e. The molecule has 98 valence electrons. The molecular formula is C16H15F2N. The Bertz CT molecular complexity index is 597. The Morgan fingerprint density at radius 2 is 1.63 bits per heavy atom. The van der Waals surface area contributed by atoms with Crippen molar-refractivity contribution in [1.82, 2.24) is 0 Å². The lowest BCUT2D eigenvalue weighted by atomic mass is 9.89. The van der Waals surface area contributed by atoms with Gasteiger partial charge in [0, 0.05) is 11.6 Å². The van der Waals surface area contributed by atoms with Gasteiger partial charge in [-0.3, -0.25) is 0 Å². The SMILES string of the molecule is NC1(Cc2ccc(F)cc2F)Cc2ccccc2C1. The molecule has 0 aliphatic heterocycles. The van der Waals surface area contributed by atoms with E-state index in [1.54, 1.807) is 0 Å². The highest BCUT2D eigenvalue weighted by atomic mass is 19.1. The smallest absolute Gasteiger partial charge is 0.129 e. The van der Waals surface area contributed by atoms with Gasteiger partial charge in [-0.1, -0.05) is 30.3 Å². The van der Waals surface area contributed by atoms with Crippen molar-refractivity contribution in [2.75, 3.05) is 0 Å². The molecule has 3 heteroatoms. The molecule has 0 atom stereocenters. The van der Waals surface area contributed by atoms with Crippen molar-refractivity contribution in [3.8, 4) is 0 Å². The quantitative estimate of drug-likeness (QED) is 0.881. The number of hydrogen-bond acceptors (Lipinski definition) is 1. The standard InChI is InChI=1S/C16H15F2N/c17-14-6-5-13(15(18)7-14)10-16(19)8-11-3-1-2-4-12(11)9-16/h1-7H,8-10,19H2. The van der Waals surface area contributed by atoms with E-state index < -0.39 is 17.2 Å². The number of rotatable bonds is 2. The molecule has 0 unspecified atom stereocenters. The summed E-state index contributed by atoms with van der Waals surface area (Å²) in [6.07, 6.45) is 1.90. The maximum atomic E-state index is 13.7. The van der Waals surface area contributed by atoms with Gasteiger partial charge in [0.25, 0.3) is 0 Å². The molecule has 2 N–H and O–H groups in total. The molecule has 0 fully saturated rings. The Morgan fingerprint density at radius 3 is 2.21 bits per heavy atom. The van der Waals surface area contributed by atoms with E-state index in [0.29, 0.717) is 12.0 Å².